The second kappa shape index (κ2) is 2.99. The summed E-state index contributed by atoms with van der Waals surface area (Å²) in [7, 11) is 4.89. The van der Waals surface area contributed by atoms with Gasteiger partial charge >= 0.3 is 12.1 Å². The molecule has 0 bridgehead atoms. The summed E-state index contributed by atoms with van der Waals surface area (Å²) >= 11 is 0. The van der Waals surface area contributed by atoms with Crippen molar-refractivity contribution in [1.29, 1.82) is 0 Å². The molecule has 2 atom stereocenters. The van der Waals surface area contributed by atoms with Crippen LogP contribution in [0, 0.1) is 0 Å². The highest BCUT2D eigenvalue weighted by molar-refractivity contribution is 5.84. The summed E-state index contributed by atoms with van der Waals surface area (Å²) in [6, 6.07) is -0.415. The zero-order valence-corrected chi connectivity index (χ0v) is 8.91. The lowest BCUT2D eigenvalue weighted by atomic mass is 10.4. The molecule has 0 aromatic carbocycles. The van der Waals surface area contributed by atoms with Gasteiger partial charge in [0.15, 0.2) is 6.17 Å². The molecular formula is C8H14N4O3. The number of carbonyl (C=O) groups is 2. The highest BCUT2D eigenvalue weighted by Crippen LogP contribution is 2.31. The largest absolute Gasteiger partial charge is 0.376 e. The number of likely N-dealkylation sites (N-methyl/N-ethyl adjacent to an activating group) is 3. The van der Waals surface area contributed by atoms with Crippen LogP contribution < -0.4 is 0 Å². The van der Waals surface area contributed by atoms with Gasteiger partial charge in [0.2, 0.25) is 0 Å². The first-order chi connectivity index (χ1) is 7.00. The first-order valence-corrected chi connectivity index (χ1v) is 4.64. The number of rotatable bonds is 1. The summed E-state index contributed by atoms with van der Waals surface area (Å²) in [5, 5.41) is 9.11. The minimum absolute atomic E-state index is 0.150. The molecule has 1 N–H and O–H groups in total. The van der Waals surface area contributed by atoms with Gasteiger partial charge in [0.25, 0.3) is 0 Å². The molecule has 2 aliphatic heterocycles. The monoisotopic (exact) mass is 214 g/mol. The molecule has 0 aromatic heterocycles. The molecule has 7 heteroatoms. The SMILES string of the molecule is CN1C(=O)N(C)C2C1N(C)C(=O)N2CO. The molecule has 2 unspecified atom stereocenters. The number of carbonyl (C=O) groups excluding carboxylic acids is 2. The van der Waals surface area contributed by atoms with Gasteiger partial charge in [0.1, 0.15) is 12.9 Å². The Morgan fingerprint density at radius 3 is 2.00 bits per heavy atom. The molecule has 2 heterocycles. The van der Waals surface area contributed by atoms with Gasteiger partial charge in [-0.3, -0.25) is 4.90 Å². The quantitative estimate of drug-likeness (QED) is 0.606. The number of aliphatic hydroxyl groups excluding tert-OH is 1. The first-order valence-electron chi connectivity index (χ1n) is 4.64. The van der Waals surface area contributed by atoms with E-state index >= 15 is 0 Å². The predicted molar refractivity (Wildman–Crippen MR) is 50.6 cm³/mol. The molecule has 15 heavy (non-hydrogen) atoms. The van der Waals surface area contributed by atoms with Crippen molar-refractivity contribution >= 4 is 12.1 Å². The van der Waals surface area contributed by atoms with Crippen molar-refractivity contribution in [2.45, 2.75) is 12.3 Å². The number of fused-ring (bicyclic) bond motifs is 1. The van der Waals surface area contributed by atoms with E-state index < -0.39 is 6.17 Å². The number of hydrogen-bond acceptors (Lipinski definition) is 3. The highest BCUT2D eigenvalue weighted by atomic mass is 16.3. The molecule has 2 rings (SSSR count). The summed E-state index contributed by atoms with van der Waals surface area (Å²) in [6.07, 6.45) is -0.716. The highest BCUT2D eigenvalue weighted by Gasteiger charge is 2.55. The third-order valence-electron chi connectivity index (χ3n) is 3.08. The summed E-state index contributed by atoms with van der Waals surface area (Å²) in [5.41, 5.74) is 0. The molecule has 2 saturated heterocycles. The number of aliphatic hydroxyl groups is 1. The zero-order valence-electron chi connectivity index (χ0n) is 8.91. The summed E-state index contributed by atoms with van der Waals surface area (Å²) < 4.78 is 0. The number of hydrogen-bond donors (Lipinski definition) is 1. The van der Waals surface area contributed by atoms with E-state index in [4.69, 9.17) is 5.11 Å². The molecule has 0 aromatic rings. The van der Waals surface area contributed by atoms with Crippen LogP contribution in [0.5, 0.6) is 0 Å². The Hall–Kier alpha value is -1.50. The van der Waals surface area contributed by atoms with Gasteiger partial charge in [-0.25, -0.2) is 9.59 Å². The second-order valence-corrected chi connectivity index (χ2v) is 3.84. The maximum atomic E-state index is 11.7. The Balaban J connectivity index is 2.38. The van der Waals surface area contributed by atoms with E-state index in [2.05, 4.69) is 0 Å². The zero-order chi connectivity index (χ0) is 11.3. The van der Waals surface area contributed by atoms with Crippen molar-refractivity contribution in [2.75, 3.05) is 27.9 Å². The average molecular weight is 214 g/mol. The molecule has 2 aliphatic rings. The van der Waals surface area contributed by atoms with Crippen molar-refractivity contribution in [3.8, 4) is 0 Å². The Bertz CT molecular complexity index is 321. The fourth-order valence-corrected chi connectivity index (χ4v) is 2.28. The van der Waals surface area contributed by atoms with Crippen LogP contribution in [0.3, 0.4) is 0 Å². The van der Waals surface area contributed by atoms with E-state index in [0.717, 1.165) is 0 Å². The van der Waals surface area contributed by atoms with Crippen molar-refractivity contribution < 1.29 is 14.7 Å². The third-order valence-corrected chi connectivity index (χ3v) is 3.08. The molecule has 0 spiro atoms. The maximum absolute atomic E-state index is 11.7. The number of urea groups is 2. The summed E-state index contributed by atoms with van der Waals surface area (Å²) in [6.45, 7) is -0.379. The summed E-state index contributed by atoms with van der Waals surface area (Å²) in [5.74, 6) is 0. The van der Waals surface area contributed by atoms with Gasteiger partial charge in [-0.05, 0) is 0 Å². The smallest absolute Gasteiger partial charge is 0.325 e. The first kappa shape index (κ1) is 10.0. The van der Waals surface area contributed by atoms with Crippen LogP contribution in [-0.2, 0) is 0 Å². The van der Waals surface area contributed by atoms with Crippen molar-refractivity contribution in [1.82, 2.24) is 19.6 Å². The van der Waals surface area contributed by atoms with E-state index in [1.807, 2.05) is 0 Å². The predicted octanol–water partition coefficient (Wildman–Crippen LogP) is -1.05. The van der Waals surface area contributed by atoms with Gasteiger partial charge in [0.05, 0.1) is 0 Å². The van der Waals surface area contributed by atoms with Gasteiger partial charge < -0.3 is 19.8 Å². The Morgan fingerprint density at radius 2 is 1.47 bits per heavy atom. The molecular weight excluding hydrogens is 200 g/mol. The van der Waals surface area contributed by atoms with Crippen molar-refractivity contribution in [3.63, 3.8) is 0 Å². The van der Waals surface area contributed by atoms with Crippen molar-refractivity contribution in [2.24, 2.45) is 0 Å². The van der Waals surface area contributed by atoms with Crippen molar-refractivity contribution in [3.05, 3.63) is 0 Å². The van der Waals surface area contributed by atoms with Crippen LogP contribution in [0.15, 0.2) is 0 Å². The third kappa shape index (κ3) is 1.03. The minimum atomic E-state index is -0.398. The van der Waals surface area contributed by atoms with Gasteiger partial charge in [0, 0.05) is 21.1 Å². The van der Waals surface area contributed by atoms with E-state index in [1.54, 1.807) is 21.1 Å². The molecule has 7 nitrogen and oxygen atoms in total. The topological polar surface area (TPSA) is 67.3 Å². The Morgan fingerprint density at radius 1 is 1.00 bits per heavy atom. The van der Waals surface area contributed by atoms with Crippen LogP contribution in [0.1, 0.15) is 0 Å². The van der Waals surface area contributed by atoms with E-state index in [9.17, 15) is 9.59 Å². The average Bonchev–Trinajstić information content (AvgIpc) is 2.59. The fraction of sp³-hybridized carbons (Fsp3) is 0.750. The van der Waals surface area contributed by atoms with E-state index in [-0.39, 0.29) is 25.0 Å². The normalized spacial score (nSPS) is 30.7. The van der Waals surface area contributed by atoms with Crippen LogP contribution in [0.2, 0.25) is 0 Å². The fourth-order valence-electron chi connectivity index (χ4n) is 2.28. The van der Waals surface area contributed by atoms with Crippen LogP contribution >= 0.6 is 0 Å². The molecule has 2 fully saturated rings. The Labute approximate surface area is 87.4 Å². The standard InChI is InChI=1S/C8H14N4O3/c1-9-5-6(11(3)7(9)14)12(4-13)8(15)10(5)2/h5-6,13H,4H2,1-3H3. The van der Waals surface area contributed by atoms with Crippen LogP contribution in [0.4, 0.5) is 9.59 Å². The molecule has 0 radical (unpaired) electrons. The van der Waals surface area contributed by atoms with Gasteiger partial charge in [-0.2, -0.15) is 0 Å². The number of nitrogens with zero attached hydrogens (tertiary/aromatic N) is 4. The van der Waals surface area contributed by atoms with Gasteiger partial charge in [-0.1, -0.05) is 0 Å². The maximum Gasteiger partial charge on any atom is 0.325 e. The van der Waals surface area contributed by atoms with Crippen LogP contribution in [-0.4, -0.2) is 77.0 Å². The molecule has 0 saturated carbocycles. The van der Waals surface area contributed by atoms with E-state index in [1.165, 1.54) is 19.6 Å². The molecule has 4 amide bonds. The Kier molecular flexibility index (Phi) is 2.00. The van der Waals surface area contributed by atoms with Gasteiger partial charge in [-0.15, -0.1) is 0 Å². The summed E-state index contributed by atoms with van der Waals surface area (Å²) in [4.78, 5) is 29.0. The minimum Gasteiger partial charge on any atom is -0.376 e. The lowest BCUT2D eigenvalue weighted by molar-refractivity contribution is 0.0707. The van der Waals surface area contributed by atoms with Crippen LogP contribution in [0.25, 0.3) is 0 Å². The lowest BCUT2D eigenvalue weighted by Crippen LogP contribution is -2.44. The second-order valence-electron chi connectivity index (χ2n) is 3.84. The molecule has 84 valence electrons. The lowest BCUT2D eigenvalue weighted by Gasteiger charge is -2.24. The molecule has 0 aliphatic carbocycles. The number of amides is 4. The van der Waals surface area contributed by atoms with E-state index in [0.29, 0.717) is 0 Å².